The van der Waals surface area contributed by atoms with Crippen LogP contribution in [0.5, 0.6) is 0 Å². The third-order valence-corrected chi connectivity index (χ3v) is 4.99. The van der Waals surface area contributed by atoms with Crippen LogP contribution in [0.1, 0.15) is 24.6 Å². The number of halogens is 1. The molecule has 3 heteroatoms. The van der Waals surface area contributed by atoms with E-state index in [1.54, 1.807) is 11.3 Å². The van der Waals surface area contributed by atoms with Gasteiger partial charge in [0.2, 0.25) is 0 Å². The van der Waals surface area contributed by atoms with Crippen LogP contribution in [-0.4, -0.2) is 5.54 Å². The third-order valence-electron chi connectivity index (χ3n) is 3.28. The van der Waals surface area contributed by atoms with Crippen LogP contribution >= 0.6 is 22.9 Å². The molecule has 16 heavy (non-hydrogen) atoms. The SMILES string of the molecule is CC1(NCc2sc3ccccc3c2Cl)CC1. The van der Waals surface area contributed by atoms with E-state index in [2.05, 4.69) is 30.4 Å². The molecule has 2 aromatic rings. The maximum Gasteiger partial charge on any atom is 0.0636 e. The lowest BCUT2D eigenvalue weighted by atomic mass is 10.2. The van der Waals surface area contributed by atoms with Gasteiger partial charge in [-0.1, -0.05) is 29.8 Å². The molecule has 1 saturated carbocycles. The van der Waals surface area contributed by atoms with Gasteiger partial charge in [-0.05, 0) is 25.8 Å². The van der Waals surface area contributed by atoms with Gasteiger partial charge in [0.05, 0.1) is 5.02 Å². The van der Waals surface area contributed by atoms with Crippen LogP contribution in [-0.2, 0) is 6.54 Å². The summed E-state index contributed by atoms with van der Waals surface area (Å²) < 4.78 is 1.28. The standard InChI is InChI=1S/C13H14ClNS/c1-13(6-7-13)15-8-11-12(14)9-4-2-3-5-10(9)16-11/h2-5,15H,6-8H2,1H3. The highest BCUT2D eigenvalue weighted by Crippen LogP contribution is 2.38. The zero-order chi connectivity index (χ0) is 11.2. The van der Waals surface area contributed by atoms with E-state index in [9.17, 15) is 0 Å². The van der Waals surface area contributed by atoms with Crippen molar-refractivity contribution in [3.63, 3.8) is 0 Å². The lowest BCUT2D eigenvalue weighted by molar-refractivity contribution is 0.541. The van der Waals surface area contributed by atoms with Crippen molar-refractivity contribution in [2.24, 2.45) is 0 Å². The zero-order valence-electron chi connectivity index (χ0n) is 9.22. The number of hydrogen-bond acceptors (Lipinski definition) is 2. The second kappa shape index (κ2) is 3.73. The fourth-order valence-electron chi connectivity index (χ4n) is 1.84. The summed E-state index contributed by atoms with van der Waals surface area (Å²) in [6, 6.07) is 8.33. The number of thiophene rings is 1. The van der Waals surface area contributed by atoms with Crippen LogP contribution in [0.3, 0.4) is 0 Å². The number of rotatable bonds is 3. The molecule has 1 aliphatic carbocycles. The van der Waals surface area contributed by atoms with Crippen molar-refractivity contribution in [1.29, 1.82) is 0 Å². The first kappa shape index (κ1) is 10.6. The van der Waals surface area contributed by atoms with E-state index in [1.807, 2.05) is 6.07 Å². The predicted molar refractivity (Wildman–Crippen MR) is 71.3 cm³/mol. The van der Waals surface area contributed by atoms with Gasteiger partial charge >= 0.3 is 0 Å². The summed E-state index contributed by atoms with van der Waals surface area (Å²) in [6.07, 6.45) is 2.57. The van der Waals surface area contributed by atoms with Gasteiger partial charge < -0.3 is 5.32 Å². The van der Waals surface area contributed by atoms with Crippen molar-refractivity contribution < 1.29 is 0 Å². The van der Waals surface area contributed by atoms with Gasteiger partial charge in [-0.2, -0.15) is 0 Å². The van der Waals surface area contributed by atoms with Gasteiger partial charge in [0.25, 0.3) is 0 Å². The van der Waals surface area contributed by atoms with Crippen molar-refractivity contribution >= 4 is 33.0 Å². The molecule has 1 nitrogen and oxygen atoms in total. The zero-order valence-corrected chi connectivity index (χ0v) is 10.8. The molecule has 1 N–H and O–H groups in total. The maximum absolute atomic E-state index is 6.38. The fourth-order valence-corrected chi connectivity index (χ4v) is 3.28. The molecule has 3 rings (SSSR count). The first-order chi connectivity index (χ1) is 7.68. The van der Waals surface area contributed by atoms with Crippen LogP contribution in [0.2, 0.25) is 5.02 Å². The topological polar surface area (TPSA) is 12.0 Å². The molecule has 0 radical (unpaired) electrons. The molecule has 1 heterocycles. The van der Waals surface area contributed by atoms with E-state index in [1.165, 1.54) is 27.8 Å². The molecule has 1 fully saturated rings. The van der Waals surface area contributed by atoms with Crippen LogP contribution in [0.4, 0.5) is 0 Å². The van der Waals surface area contributed by atoms with E-state index in [4.69, 9.17) is 11.6 Å². The van der Waals surface area contributed by atoms with Crippen molar-refractivity contribution in [2.75, 3.05) is 0 Å². The van der Waals surface area contributed by atoms with E-state index in [0.717, 1.165) is 11.6 Å². The highest BCUT2D eigenvalue weighted by molar-refractivity contribution is 7.19. The first-order valence-electron chi connectivity index (χ1n) is 5.59. The van der Waals surface area contributed by atoms with Crippen molar-refractivity contribution in [1.82, 2.24) is 5.32 Å². The van der Waals surface area contributed by atoms with Crippen molar-refractivity contribution in [3.8, 4) is 0 Å². The molecule has 1 aromatic carbocycles. The minimum Gasteiger partial charge on any atom is -0.307 e. The Kier molecular flexibility index (Phi) is 2.46. The monoisotopic (exact) mass is 251 g/mol. The summed E-state index contributed by atoms with van der Waals surface area (Å²) in [5, 5.41) is 5.69. The molecule has 0 atom stereocenters. The molecule has 0 aliphatic heterocycles. The number of benzene rings is 1. The fraction of sp³-hybridized carbons (Fsp3) is 0.385. The van der Waals surface area contributed by atoms with Crippen LogP contribution in [0.25, 0.3) is 10.1 Å². The second-order valence-corrected chi connectivity index (χ2v) is 6.26. The molecular weight excluding hydrogens is 238 g/mol. The summed E-state index contributed by atoms with van der Waals surface area (Å²) in [6.45, 7) is 3.17. The smallest absolute Gasteiger partial charge is 0.0636 e. The quantitative estimate of drug-likeness (QED) is 0.862. The largest absolute Gasteiger partial charge is 0.307 e. The second-order valence-electron chi connectivity index (χ2n) is 4.75. The summed E-state index contributed by atoms with van der Waals surface area (Å²) in [4.78, 5) is 1.26. The first-order valence-corrected chi connectivity index (χ1v) is 6.78. The van der Waals surface area contributed by atoms with Crippen LogP contribution < -0.4 is 5.32 Å². The lowest BCUT2D eigenvalue weighted by Crippen LogP contribution is -2.26. The Labute approximate surface area is 104 Å². The van der Waals surface area contributed by atoms with Gasteiger partial charge in [-0.15, -0.1) is 11.3 Å². The normalized spacial score (nSPS) is 17.9. The Hall–Kier alpha value is -0.570. The minimum atomic E-state index is 0.375. The summed E-state index contributed by atoms with van der Waals surface area (Å²) in [5.41, 5.74) is 0.375. The van der Waals surface area contributed by atoms with Gasteiger partial charge in [0, 0.05) is 27.0 Å². The van der Waals surface area contributed by atoms with Crippen molar-refractivity contribution in [2.45, 2.75) is 31.8 Å². The maximum atomic E-state index is 6.38. The van der Waals surface area contributed by atoms with Gasteiger partial charge in [0.15, 0.2) is 0 Å². The Morgan fingerprint density at radius 2 is 2.12 bits per heavy atom. The summed E-state index contributed by atoms with van der Waals surface area (Å²) in [7, 11) is 0. The number of hydrogen-bond donors (Lipinski definition) is 1. The van der Waals surface area contributed by atoms with Crippen molar-refractivity contribution in [3.05, 3.63) is 34.2 Å². The number of nitrogens with one attached hydrogen (secondary N) is 1. The van der Waals surface area contributed by atoms with E-state index in [-0.39, 0.29) is 0 Å². The molecule has 0 saturated heterocycles. The minimum absolute atomic E-state index is 0.375. The van der Waals surface area contributed by atoms with Gasteiger partial charge in [0.1, 0.15) is 0 Å². The van der Waals surface area contributed by atoms with Crippen LogP contribution in [0.15, 0.2) is 24.3 Å². The Morgan fingerprint density at radius 1 is 1.38 bits per heavy atom. The Balaban J connectivity index is 1.88. The average Bonchev–Trinajstić information content (AvgIpc) is 2.94. The third kappa shape index (κ3) is 1.86. The molecule has 84 valence electrons. The van der Waals surface area contributed by atoms with Crippen LogP contribution in [0, 0.1) is 0 Å². The molecular formula is C13H14ClNS. The van der Waals surface area contributed by atoms with E-state index < -0.39 is 0 Å². The Bertz CT molecular complexity index is 528. The lowest BCUT2D eigenvalue weighted by Gasteiger charge is -2.09. The highest BCUT2D eigenvalue weighted by atomic mass is 35.5. The summed E-state index contributed by atoms with van der Waals surface area (Å²) >= 11 is 8.17. The average molecular weight is 252 g/mol. The summed E-state index contributed by atoms with van der Waals surface area (Å²) in [5.74, 6) is 0. The van der Waals surface area contributed by atoms with Gasteiger partial charge in [-0.25, -0.2) is 0 Å². The Morgan fingerprint density at radius 3 is 2.81 bits per heavy atom. The van der Waals surface area contributed by atoms with Gasteiger partial charge in [-0.3, -0.25) is 0 Å². The molecule has 1 aliphatic rings. The van der Waals surface area contributed by atoms with E-state index >= 15 is 0 Å². The molecule has 1 aromatic heterocycles. The highest BCUT2D eigenvalue weighted by Gasteiger charge is 2.36. The predicted octanol–water partition coefficient (Wildman–Crippen LogP) is 4.20. The number of fused-ring (bicyclic) bond motifs is 1. The molecule has 0 amide bonds. The molecule has 0 bridgehead atoms. The molecule has 0 spiro atoms. The van der Waals surface area contributed by atoms with E-state index in [0.29, 0.717) is 5.54 Å². The molecule has 0 unspecified atom stereocenters.